The predicted octanol–water partition coefficient (Wildman–Crippen LogP) is -2.38. The highest BCUT2D eigenvalue weighted by Crippen LogP contribution is 2.18. The highest BCUT2D eigenvalue weighted by Gasteiger charge is 2.42. The molecule has 0 aromatic carbocycles. The Morgan fingerprint density at radius 3 is 1.79 bits per heavy atom. The molecular weight excluding hydrogens is 239 g/mol. The van der Waals surface area contributed by atoms with Gasteiger partial charge < -0.3 is 30.3 Å². The van der Waals surface area contributed by atoms with E-state index < -0.39 is 37.3 Å². The van der Waals surface area contributed by atoms with Crippen LogP contribution in [0.1, 0.15) is 0 Å². The molecule has 5 N–H and O–H groups in total. The second-order valence-electron chi connectivity index (χ2n) is 2.72. The van der Waals surface area contributed by atoms with Gasteiger partial charge in [0.05, 0.1) is 6.61 Å². The van der Waals surface area contributed by atoms with Gasteiger partial charge in [-0.3, -0.25) is 0 Å². The van der Waals surface area contributed by atoms with Crippen LogP contribution in [-0.4, -0.2) is 62.8 Å². The van der Waals surface area contributed by atoms with Crippen molar-refractivity contribution >= 4 is 24.8 Å². The van der Waals surface area contributed by atoms with Crippen molar-refractivity contribution in [2.24, 2.45) is 0 Å². The first-order valence-electron chi connectivity index (χ1n) is 3.56. The Kier molecular flexibility index (Phi) is 8.09. The monoisotopic (exact) mass is 252 g/mol. The SMILES string of the molecule is Cl.Cl.OC[C@H]1O[C@@H](O)[C@H](O)[C@@H](O)[C@H]1O. The van der Waals surface area contributed by atoms with Crippen LogP contribution in [0.2, 0.25) is 0 Å². The molecule has 6 nitrogen and oxygen atoms in total. The van der Waals surface area contributed by atoms with Crippen molar-refractivity contribution in [3.8, 4) is 0 Å². The normalized spacial score (nSPS) is 42.2. The van der Waals surface area contributed by atoms with Crippen LogP contribution in [-0.2, 0) is 4.74 Å². The maximum atomic E-state index is 9.12. The van der Waals surface area contributed by atoms with Gasteiger partial charge in [-0.1, -0.05) is 0 Å². The Labute approximate surface area is 92.9 Å². The molecule has 0 radical (unpaired) electrons. The van der Waals surface area contributed by atoms with Crippen LogP contribution in [0.15, 0.2) is 0 Å². The average molecular weight is 253 g/mol. The van der Waals surface area contributed by atoms with Gasteiger partial charge in [0.15, 0.2) is 6.29 Å². The van der Waals surface area contributed by atoms with Crippen molar-refractivity contribution in [1.29, 1.82) is 0 Å². The van der Waals surface area contributed by atoms with Crippen LogP contribution < -0.4 is 0 Å². The summed E-state index contributed by atoms with van der Waals surface area (Å²) in [6, 6.07) is 0. The molecule has 1 fully saturated rings. The zero-order valence-corrected chi connectivity index (χ0v) is 8.69. The minimum atomic E-state index is -1.57. The first kappa shape index (κ1) is 16.8. The number of hydrogen-bond acceptors (Lipinski definition) is 6. The van der Waals surface area contributed by atoms with Crippen molar-refractivity contribution in [2.45, 2.75) is 30.7 Å². The smallest absolute Gasteiger partial charge is 0.184 e. The summed E-state index contributed by atoms with van der Waals surface area (Å²) in [4.78, 5) is 0. The van der Waals surface area contributed by atoms with E-state index in [1.807, 2.05) is 0 Å². The Morgan fingerprint density at radius 1 is 0.857 bits per heavy atom. The van der Waals surface area contributed by atoms with Crippen molar-refractivity contribution < 1.29 is 30.3 Å². The lowest BCUT2D eigenvalue weighted by Crippen LogP contribution is -2.58. The van der Waals surface area contributed by atoms with Crippen molar-refractivity contribution in [3.63, 3.8) is 0 Å². The highest BCUT2D eigenvalue weighted by atomic mass is 35.5. The molecule has 0 aromatic heterocycles. The van der Waals surface area contributed by atoms with Crippen molar-refractivity contribution in [2.75, 3.05) is 6.61 Å². The van der Waals surface area contributed by atoms with Crippen molar-refractivity contribution in [1.82, 2.24) is 0 Å². The van der Waals surface area contributed by atoms with E-state index in [9.17, 15) is 0 Å². The topological polar surface area (TPSA) is 110 Å². The van der Waals surface area contributed by atoms with Crippen LogP contribution in [0.3, 0.4) is 0 Å². The molecule has 0 spiro atoms. The van der Waals surface area contributed by atoms with E-state index in [0.29, 0.717) is 0 Å². The van der Waals surface area contributed by atoms with Crippen molar-refractivity contribution in [3.05, 3.63) is 0 Å². The molecule has 1 rings (SSSR count). The maximum absolute atomic E-state index is 9.12. The molecule has 1 saturated heterocycles. The Morgan fingerprint density at radius 2 is 1.36 bits per heavy atom. The van der Waals surface area contributed by atoms with Crippen LogP contribution in [0.5, 0.6) is 0 Å². The molecule has 5 atom stereocenters. The Bertz CT molecular complexity index is 155. The molecule has 8 heteroatoms. The fraction of sp³-hybridized carbons (Fsp3) is 1.00. The molecule has 1 aliphatic rings. The summed E-state index contributed by atoms with van der Waals surface area (Å²) in [5.41, 5.74) is 0. The molecule has 14 heavy (non-hydrogen) atoms. The number of ether oxygens (including phenoxy) is 1. The van der Waals surface area contributed by atoms with Gasteiger partial charge in [-0.05, 0) is 0 Å². The van der Waals surface area contributed by atoms with E-state index in [0.717, 1.165) is 0 Å². The van der Waals surface area contributed by atoms with Gasteiger partial charge in [0.2, 0.25) is 0 Å². The van der Waals surface area contributed by atoms with Crippen LogP contribution in [0.25, 0.3) is 0 Å². The third-order valence-corrected chi connectivity index (χ3v) is 1.87. The quantitative estimate of drug-likeness (QED) is 0.357. The first-order chi connectivity index (χ1) is 5.57. The summed E-state index contributed by atoms with van der Waals surface area (Å²) in [6.45, 7) is -0.526. The number of aliphatic hydroxyl groups excluding tert-OH is 5. The number of rotatable bonds is 1. The van der Waals surface area contributed by atoms with Gasteiger partial charge in [-0.25, -0.2) is 0 Å². The molecule has 1 heterocycles. The molecule has 0 unspecified atom stereocenters. The van der Waals surface area contributed by atoms with Crippen LogP contribution in [0.4, 0.5) is 0 Å². The maximum Gasteiger partial charge on any atom is 0.184 e. The Balaban J connectivity index is 0. The lowest BCUT2D eigenvalue weighted by molar-refractivity contribution is -0.286. The van der Waals surface area contributed by atoms with E-state index in [1.54, 1.807) is 0 Å². The minimum absolute atomic E-state index is 0. The number of halogens is 2. The summed E-state index contributed by atoms with van der Waals surface area (Å²) < 4.78 is 4.58. The molecule has 1 aliphatic heterocycles. The minimum Gasteiger partial charge on any atom is -0.394 e. The molecule has 0 bridgehead atoms. The van der Waals surface area contributed by atoms with E-state index in [2.05, 4.69) is 4.74 Å². The van der Waals surface area contributed by atoms with Gasteiger partial charge >= 0.3 is 0 Å². The molecule has 88 valence electrons. The zero-order chi connectivity index (χ0) is 9.30. The standard InChI is InChI=1S/C6H12O6.2ClH/c7-1-2-3(8)4(9)5(10)6(11)12-2;;/h2-11H,1H2;2*1H/t2-,3+,4+,5-,6-;;/m1../s1. The Hall–Kier alpha value is 0.340. The van der Waals surface area contributed by atoms with Gasteiger partial charge in [-0.15, -0.1) is 24.8 Å². The molecule has 0 saturated carbocycles. The lowest BCUT2D eigenvalue weighted by Gasteiger charge is -2.37. The fourth-order valence-corrected chi connectivity index (χ4v) is 1.08. The fourth-order valence-electron chi connectivity index (χ4n) is 1.08. The van der Waals surface area contributed by atoms with Crippen LogP contribution >= 0.6 is 24.8 Å². The van der Waals surface area contributed by atoms with E-state index in [-0.39, 0.29) is 24.8 Å². The largest absolute Gasteiger partial charge is 0.394 e. The third-order valence-electron chi connectivity index (χ3n) is 1.87. The predicted molar refractivity (Wildman–Crippen MR) is 50.5 cm³/mol. The summed E-state index contributed by atoms with van der Waals surface area (Å²) >= 11 is 0. The number of hydrogen-bond donors (Lipinski definition) is 5. The molecule has 0 aromatic rings. The summed E-state index contributed by atoms with van der Waals surface area (Å²) in [6.07, 6.45) is -7.04. The highest BCUT2D eigenvalue weighted by molar-refractivity contribution is 5.85. The van der Waals surface area contributed by atoms with E-state index in [4.69, 9.17) is 25.5 Å². The van der Waals surface area contributed by atoms with Gasteiger partial charge in [-0.2, -0.15) is 0 Å². The zero-order valence-electron chi connectivity index (χ0n) is 7.05. The van der Waals surface area contributed by atoms with Gasteiger partial charge in [0.1, 0.15) is 24.4 Å². The molecular formula is C6H14Cl2O6. The summed E-state index contributed by atoms with van der Waals surface area (Å²) in [5, 5.41) is 44.7. The van der Waals surface area contributed by atoms with Gasteiger partial charge in [0, 0.05) is 0 Å². The molecule has 0 aliphatic carbocycles. The van der Waals surface area contributed by atoms with Gasteiger partial charge in [0.25, 0.3) is 0 Å². The second kappa shape index (κ2) is 6.76. The van der Waals surface area contributed by atoms with Crippen LogP contribution in [0, 0.1) is 0 Å². The third kappa shape index (κ3) is 3.18. The average Bonchev–Trinajstić information content (AvgIpc) is 2.08. The second-order valence-corrected chi connectivity index (χ2v) is 2.72. The van der Waals surface area contributed by atoms with E-state index in [1.165, 1.54) is 0 Å². The summed E-state index contributed by atoms with van der Waals surface area (Å²) in [5.74, 6) is 0. The summed E-state index contributed by atoms with van der Waals surface area (Å²) in [7, 11) is 0. The molecule has 0 amide bonds. The number of aliphatic hydroxyl groups is 5. The lowest BCUT2D eigenvalue weighted by atomic mass is 10.00. The van der Waals surface area contributed by atoms with E-state index >= 15 is 0 Å². The first-order valence-corrected chi connectivity index (χ1v) is 3.56.